The average molecular weight is 578 g/mol. The standard InChI is InChI=1S/C24H29ClN4O2S2.2ClH/c25-22-9-10-23(21-8-4-11-26-24(21)22)33(30,31)27-12-14-29-17-15-28(16-18-29)13-5-19-32-20-6-2-1-3-7-20;;/h1-4,6-11,27H,5,12-19H2;2*1H. The van der Waals surface area contributed by atoms with Gasteiger partial charge in [0.2, 0.25) is 10.0 Å². The van der Waals surface area contributed by atoms with E-state index in [1.165, 1.54) is 11.3 Å². The molecule has 2 aromatic carbocycles. The van der Waals surface area contributed by atoms with Gasteiger partial charge in [-0.2, -0.15) is 0 Å². The molecule has 0 spiro atoms. The number of pyridine rings is 1. The van der Waals surface area contributed by atoms with Gasteiger partial charge in [0.25, 0.3) is 0 Å². The molecular weight excluding hydrogens is 547 g/mol. The smallest absolute Gasteiger partial charge is 0.241 e. The molecule has 0 amide bonds. The maximum absolute atomic E-state index is 12.9. The summed E-state index contributed by atoms with van der Waals surface area (Å²) in [5.41, 5.74) is 0.500. The highest BCUT2D eigenvalue weighted by Crippen LogP contribution is 2.27. The molecule has 11 heteroatoms. The molecule has 1 aliphatic rings. The van der Waals surface area contributed by atoms with Crippen LogP contribution in [0.2, 0.25) is 5.02 Å². The number of aromatic nitrogens is 1. The van der Waals surface area contributed by atoms with Gasteiger partial charge in [-0.3, -0.25) is 9.88 Å². The van der Waals surface area contributed by atoms with Crippen LogP contribution in [0.5, 0.6) is 0 Å². The molecule has 4 rings (SSSR count). The second-order valence-electron chi connectivity index (χ2n) is 8.04. The van der Waals surface area contributed by atoms with Crippen molar-refractivity contribution in [2.75, 3.05) is 51.6 Å². The Morgan fingerprint density at radius 2 is 1.60 bits per heavy atom. The molecule has 192 valence electrons. The summed E-state index contributed by atoms with van der Waals surface area (Å²) in [6, 6.07) is 17.1. The van der Waals surface area contributed by atoms with Crippen LogP contribution in [0, 0.1) is 0 Å². The van der Waals surface area contributed by atoms with Gasteiger partial charge in [0, 0.05) is 55.7 Å². The van der Waals surface area contributed by atoms with E-state index in [0.717, 1.165) is 38.5 Å². The predicted molar refractivity (Wildman–Crippen MR) is 151 cm³/mol. The molecule has 0 atom stereocenters. The Bertz CT molecular complexity index is 1160. The Hall–Kier alpha value is -1.10. The zero-order valence-corrected chi connectivity index (χ0v) is 23.3. The Labute approximate surface area is 229 Å². The van der Waals surface area contributed by atoms with Gasteiger partial charge in [-0.05, 0) is 55.1 Å². The lowest BCUT2D eigenvalue weighted by molar-refractivity contribution is 0.135. The van der Waals surface area contributed by atoms with E-state index in [1.54, 1.807) is 30.5 Å². The highest BCUT2D eigenvalue weighted by Gasteiger charge is 2.20. The number of rotatable bonds is 10. The highest BCUT2D eigenvalue weighted by molar-refractivity contribution is 7.99. The summed E-state index contributed by atoms with van der Waals surface area (Å²) in [5.74, 6) is 1.13. The molecule has 1 aromatic heterocycles. The first kappa shape index (κ1) is 30.1. The number of benzene rings is 2. The Kier molecular flexibility index (Phi) is 12.6. The first-order valence-electron chi connectivity index (χ1n) is 11.2. The van der Waals surface area contributed by atoms with Crippen molar-refractivity contribution in [3.8, 4) is 0 Å². The number of fused-ring (bicyclic) bond motifs is 1. The van der Waals surface area contributed by atoms with Crippen LogP contribution in [-0.4, -0.2) is 74.8 Å². The maximum Gasteiger partial charge on any atom is 0.241 e. The molecule has 1 fully saturated rings. The number of piperazine rings is 1. The Morgan fingerprint density at radius 1 is 0.914 bits per heavy atom. The quantitative estimate of drug-likeness (QED) is 0.276. The highest BCUT2D eigenvalue weighted by atomic mass is 35.5. The first-order chi connectivity index (χ1) is 16.0. The lowest BCUT2D eigenvalue weighted by Crippen LogP contribution is -2.48. The fourth-order valence-corrected chi connectivity index (χ4v) is 6.28. The number of nitrogens with zero attached hydrogens (tertiary/aromatic N) is 3. The van der Waals surface area contributed by atoms with Crippen LogP contribution in [0.25, 0.3) is 10.9 Å². The van der Waals surface area contributed by atoms with Crippen molar-refractivity contribution in [3.63, 3.8) is 0 Å². The summed E-state index contributed by atoms with van der Waals surface area (Å²) in [7, 11) is -3.64. The molecule has 1 aliphatic heterocycles. The summed E-state index contributed by atoms with van der Waals surface area (Å²) in [5, 5.41) is 0.984. The predicted octanol–water partition coefficient (Wildman–Crippen LogP) is 4.81. The van der Waals surface area contributed by atoms with Crippen LogP contribution in [0.15, 0.2) is 70.6 Å². The van der Waals surface area contributed by atoms with Gasteiger partial charge in [-0.15, -0.1) is 36.6 Å². The van der Waals surface area contributed by atoms with E-state index in [9.17, 15) is 8.42 Å². The van der Waals surface area contributed by atoms with Crippen LogP contribution in [0.3, 0.4) is 0 Å². The molecule has 0 saturated carbocycles. The molecule has 0 radical (unpaired) electrons. The van der Waals surface area contributed by atoms with Gasteiger partial charge in [0.15, 0.2) is 0 Å². The van der Waals surface area contributed by atoms with Crippen molar-refractivity contribution in [3.05, 3.63) is 65.8 Å². The van der Waals surface area contributed by atoms with Gasteiger partial charge in [0.05, 0.1) is 15.4 Å². The topological polar surface area (TPSA) is 65.5 Å². The fraction of sp³-hybridized carbons (Fsp3) is 0.375. The van der Waals surface area contributed by atoms with Crippen molar-refractivity contribution in [2.45, 2.75) is 16.2 Å². The van der Waals surface area contributed by atoms with Gasteiger partial charge in [0.1, 0.15) is 0 Å². The zero-order valence-electron chi connectivity index (χ0n) is 19.3. The number of thioether (sulfide) groups is 1. The summed E-state index contributed by atoms with van der Waals surface area (Å²) < 4.78 is 28.5. The Balaban J connectivity index is 0.00000216. The molecule has 6 nitrogen and oxygen atoms in total. The van der Waals surface area contributed by atoms with Crippen molar-refractivity contribution >= 4 is 69.1 Å². The summed E-state index contributed by atoms with van der Waals surface area (Å²) >= 11 is 8.08. The van der Waals surface area contributed by atoms with Crippen molar-refractivity contribution in [1.29, 1.82) is 0 Å². The minimum absolute atomic E-state index is 0. The van der Waals surface area contributed by atoms with E-state index >= 15 is 0 Å². The molecule has 0 unspecified atom stereocenters. The van der Waals surface area contributed by atoms with Crippen LogP contribution < -0.4 is 4.72 Å². The molecule has 1 N–H and O–H groups in total. The summed E-state index contributed by atoms with van der Waals surface area (Å²) in [6.45, 7) is 6.15. The van der Waals surface area contributed by atoms with E-state index in [-0.39, 0.29) is 29.7 Å². The number of hydrogen-bond acceptors (Lipinski definition) is 6. The van der Waals surface area contributed by atoms with Gasteiger partial charge in [-0.25, -0.2) is 13.1 Å². The third-order valence-electron chi connectivity index (χ3n) is 5.79. The SMILES string of the molecule is Cl.Cl.O=S(=O)(NCCN1CCN(CCCSc2ccccc2)CC1)c1ccc(Cl)c2ncccc12. The van der Waals surface area contributed by atoms with Gasteiger partial charge < -0.3 is 4.90 Å². The number of halogens is 3. The fourth-order valence-electron chi connectivity index (χ4n) is 3.99. The van der Waals surface area contributed by atoms with Crippen LogP contribution >= 0.6 is 48.2 Å². The molecule has 3 aromatic rings. The maximum atomic E-state index is 12.9. The monoisotopic (exact) mass is 576 g/mol. The molecule has 0 bridgehead atoms. The van der Waals surface area contributed by atoms with Gasteiger partial charge in [-0.1, -0.05) is 29.8 Å². The second-order valence-corrected chi connectivity index (χ2v) is 11.4. The van der Waals surface area contributed by atoms with Crippen molar-refractivity contribution in [1.82, 2.24) is 19.5 Å². The molecule has 2 heterocycles. The lowest BCUT2D eigenvalue weighted by Gasteiger charge is -2.34. The van der Waals surface area contributed by atoms with E-state index in [0.29, 0.717) is 29.0 Å². The molecule has 0 aliphatic carbocycles. The zero-order chi connectivity index (χ0) is 23.1. The number of nitrogens with one attached hydrogen (secondary N) is 1. The van der Waals surface area contributed by atoms with Gasteiger partial charge >= 0.3 is 0 Å². The summed E-state index contributed by atoms with van der Waals surface area (Å²) in [6.07, 6.45) is 2.78. The van der Waals surface area contributed by atoms with E-state index in [1.807, 2.05) is 17.8 Å². The average Bonchev–Trinajstić information content (AvgIpc) is 2.83. The minimum atomic E-state index is -3.64. The third kappa shape index (κ3) is 8.47. The number of hydrogen-bond donors (Lipinski definition) is 1. The number of sulfonamides is 1. The van der Waals surface area contributed by atoms with Crippen LogP contribution in [0.4, 0.5) is 0 Å². The second kappa shape index (κ2) is 14.6. The third-order valence-corrected chi connectivity index (χ3v) is 8.71. The molecule has 35 heavy (non-hydrogen) atoms. The van der Waals surface area contributed by atoms with Crippen LogP contribution in [0.1, 0.15) is 6.42 Å². The van der Waals surface area contributed by atoms with Crippen molar-refractivity contribution < 1.29 is 8.42 Å². The lowest BCUT2D eigenvalue weighted by atomic mass is 10.2. The van der Waals surface area contributed by atoms with E-state index in [4.69, 9.17) is 11.6 Å². The largest absolute Gasteiger partial charge is 0.301 e. The first-order valence-corrected chi connectivity index (χ1v) is 14.0. The Morgan fingerprint density at radius 3 is 2.31 bits per heavy atom. The molecule has 1 saturated heterocycles. The minimum Gasteiger partial charge on any atom is -0.301 e. The van der Waals surface area contributed by atoms with E-state index < -0.39 is 10.0 Å². The molecular formula is C24H31Cl3N4O2S2. The van der Waals surface area contributed by atoms with E-state index in [2.05, 4.69) is 43.8 Å². The van der Waals surface area contributed by atoms with Crippen molar-refractivity contribution in [2.24, 2.45) is 0 Å². The normalized spacial score (nSPS) is 14.9. The van der Waals surface area contributed by atoms with Crippen LogP contribution in [-0.2, 0) is 10.0 Å². The summed E-state index contributed by atoms with van der Waals surface area (Å²) in [4.78, 5) is 10.6.